The second-order valence-corrected chi connectivity index (χ2v) is 2.13. The molecule has 0 bridgehead atoms. The minimum Gasteiger partial charge on any atom is -0.382 e. The van der Waals surface area contributed by atoms with Gasteiger partial charge in [-0.2, -0.15) is 5.10 Å². The summed E-state index contributed by atoms with van der Waals surface area (Å²) in [5.41, 5.74) is 5.92. The number of nitrogens with zero attached hydrogens (tertiary/aromatic N) is 3. The average Bonchev–Trinajstić information content (AvgIpc) is 2.31. The Morgan fingerprint density at radius 1 is 1.55 bits per heavy atom. The average molecular weight is 152 g/mol. The third kappa shape index (κ3) is 0.813. The van der Waals surface area contributed by atoms with Crippen LogP contribution in [0.2, 0.25) is 0 Å². The Morgan fingerprint density at radius 2 is 2.36 bits per heavy atom. The highest BCUT2D eigenvalue weighted by Gasteiger charge is 2.01. The minimum atomic E-state index is -0.364. The van der Waals surface area contributed by atoms with Crippen LogP contribution in [-0.4, -0.2) is 14.6 Å². The summed E-state index contributed by atoms with van der Waals surface area (Å²) in [5.74, 6) is -0.0823. The molecule has 4 nitrogen and oxygen atoms in total. The van der Waals surface area contributed by atoms with Gasteiger partial charge in [0, 0.05) is 6.07 Å². The highest BCUT2D eigenvalue weighted by atomic mass is 19.1. The molecule has 0 atom stereocenters. The summed E-state index contributed by atoms with van der Waals surface area (Å²) < 4.78 is 13.9. The fourth-order valence-electron chi connectivity index (χ4n) is 0.917. The van der Waals surface area contributed by atoms with E-state index in [0.29, 0.717) is 5.52 Å². The van der Waals surface area contributed by atoms with Crippen molar-refractivity contribution in [3.8, 4) is 0 Å². The van der Waals surface area contributed by atoms with Crippen molar-refractivity contribution in [2.75, 3.05) is 5.73 Å². The molecule has 2 aromatic heterocycles. The fourth-order valence-corrected chi connectivity index (χ4v) is 0.917. The second kappa shape index (κ2) is 1.91. The molecule has 0 saturated heterocycles. The summed E-state index contributed by atoms with van der Waals surface area (Å²) >= 11 is 0. The van der Waals surface area contributed by atoms with Crippen LogP contribution in [0, 0.1) is 5.82 Å². The SMILES string of the molecule is Nc1ncnn2cc(F)cc12. The molecule has 0 saturated carbocycles. The molecular formula is C6H5FN4. The van der Waals surface area contributed by atoms with Gasteiger partial charge in [0.1, 0.15) is 17.7 Å². The lowest BCUT2D eigenvalue weighted by Gasteiger charge is -1.93. The molecule has 2 N–H and O–H groups in total. The van der Waals surface area contributed by atoms with Gasteiger partial charge in [-0.3, -0.25) is 0 Å². The van der Waals surface area contributed by atoms with Crippen molar-refractivity contribution in [2.45, 2.75) is 0 Å². The Balaban J connectivity index is 2.90. The van der Waals surface area contributed by atoms with Crippen molar-refractivity contribution in [1.82, 2.24) is 14.6 Å². The summed E-state index contributed by atoms with van der Waals surface area (Å²) in [5, 5.41) is 3.75. The molecule has 0 fully saturated rings. The first-order valence-corrected chi connectivity index (χ1v) is 3.02. The van der Waals surface area contributed by atoms with Gasteiger partial charge < -0.3 is 5.73 Å². The van der Waals surface area contributed by atoms with Crippen LogP contribution in [-0.2, 0) is 0 Å². The molecule has 5 heteroatoms. The molecule has 56 valence electrons. The van der Waals surface area contributed by atoms with Gasteiger partial charge in [-0.25, -0.2) is 13.9 Å². The number of halogens is 1. The molecule has 2 rings (SSSR count). The summed E-state index contributed by atoms with van der Waals surface area (Å²) in [6.45, 7) is 0. The zero-order valence-electron chi connectivity index (χ0n) is 5.53. The maximum atomic E-state index is 12.6. The summed E-state index contributed by atoms with van der Waals surface area (Å²) in [6.07, 6.45) is 2.52. The Kier molecular flexibility index (Phi) is 1.06. The maximum absolute atomic E-state index is 12.6. The van der Waals surface area contributed by atoms with E-state index in [1.165, 1.54) is 23.1 Å². The molecule has 0 aliphatic carbocycles. The molecule has 0 aliphatic rings. The third-order valence-electron chi connectivity index (χ3n) is 1.40. The van der Waals surface area contributed by atoms with Crippen molar-refractivity contribution in [1.29, 1.82) is 0 Å². The second-order valence-electron chi connectivity index (χ2n) is 2.13. The topological polar surface area (TPSA) is 56.2 Å². The first-order chi connectivity index (χ1) is 5.27. The van der Waals surface area contributed by atoms with E-state index in [1.807, 2.05) is 0 Å². The van der Waals surface area contributed by atoms with Gasteiger partial charge >= 0.3 is 0 Å². The standard InChI is InChI=1S/C6H5FN4/c7-4-1-5-6(8)9-3-10-11(5)2-4/h1-3H,(H2,8,9,10). The molecule has 0 spiro atoms. The Bertz CT molecular complexity index is 394. The number of nitrogen functional groups attached to an aromatic ring is 1. The predicted octanol–water partition coefficient (Wildman–Crippen LogP) is 0.451. The lowest BCUT2D eigenvalue weighted by atomic mass is 10.5. The van der Waals surface area contributed by atoms with Crippen molar-refractivity contribution in [3.05, 3.63) is 24.4 Å². The van der Waals surface area contributed by atoms with E-state index in [4.69, 9.17) is 5.73 Å². The van der Waals surface area contributed by atoms with E-state index in [1.54, 1.807) is 0 Å². The molecule has 11 heavy (non-hydrogen) atoms. The third-order valence-corrected chi connectivity index (χ3v) is 1.40. The van der Waals surface area contributed by atoms with Crippen molar-refractivity contribution >= 4 is 11.3 Å². The number of hydrogen-bond acceptors (Lipinski definition) is 3. The Morgan fingerprint density at radius 3 is 3.09 bits per heavy atom. The van der Waals surface area contributed by atoms with Gasteiger partial charge in [0.15, 0.2) is 5.82 Å². The molecule has 0 aliphatic heterocycles. The van der Waals surface area contributed by atoms with E-state index in [9.17, 15) is 4.39 Å². The zero-order valence-corrected chi connectivity index (χ0v) is 5.53. The van der Waals surface area contributed by atoms with Crippen LogP contribution in [0.25, 0.3) is 5.52 Å². The molecule has 2 heterocycles. The van der Waals surface area contributed by atoms with Gasteiger partial charge in [0.2, 0.25) is 0 Å². The first-order valence-electron chi connectivity index (χ1n) is 3.02. The van der Waals surface area contributed by atoms with Gasteiger partial charge in [0.05, 0.1) is 6.20 Å². The van der Waals surface area contributed by atoms with Crippen LogP contribution in [0.3, 0.4) is 0 Å². The number of hydrogen-bond donors (Lipinski definition) is 1. The molecule has 0 unspecified atom stereocenters. The van der Waals surface area contributed by atoms with E-state index < -0.39 is 0 Å². The zero-order chi connectivity index (χ0) is 7.84. The fraction of sp³-hybridized carbons (Fsp3) is 0. The van der Waals surface area contributed by atoms with Gasteiger partial charge in [0.25, 0.3) is 0 Å². The van der Waals surface area contributed by atoms with Gasteiger partial charge in [-0.05, 0) is 0 Å². The summed E-state index contributed by atoms with van der Waals surface area (Å²) in [6, 6.07) is 1.29. The molecule has 0 radical (unpaired) electrons. The lowest BCUT2D eigenvalue weighted by molar-refractivity contribution is 0.625. The number of nitrogens with two attached hydrogens (primary N) is 1. The predicted molar refractivity (Wildman–Crippen MR) is 37.4 cm³/mol. The normalized spacial score (nSPS) is 10.6. The highest BCUT2D eigenvalue weighted by molar-refractivity contribution is 5.64. The van der Waals surface area contributed by atoms with E-state index in [0.717, 1.165) is 0 Å². The summed E-state index contributed by atoms with van der Waals surface area (Å²) in [7, 11) is 0. The van der Waals surface area contributed by atoms with Gasteiger partial charge in [-0.1, -0.05) is 0 Å². The number of fused-ring (bicyclic) bond motifs is 1. The Labute approximate surface area is 61.5 Å². The van der Waals surface area contributed by atoms with Crippen LogP contribution in [0.4, 0.5) is 10.2 Å². The Hall–Kier alpha value is -1.65. The molecular weight excluding hydrogens is 147 g/mol. The molecule has 2 aromatic rings. The van der Waals surface area contributed by atoms with Crippen molar-refractivity contribution < 1.29 is 4.39 Å². The molecule has 0 aromatic carbocycles. The lowest BCUT2D eigenvalue weighted by Crippen LogP contribution is -1.96. The number of rotatable bonds is 0. The largest absolute Gasteiger partial charge is 0.382 e. The van der Waals surface area contributed by atoms with E-state index in [-0.39, 0.29) is 11.6 Å². The molecule has 0 amide bonds. The van der Waals surface area contributed by atoms with Crippen LogP contribution < -0.4 is 5.73 Å². The van der Waals surface area contributed by atoms with E-state index in [2.05, 4.69) is 10.1 Å². The summed E-state index contributed by atoms with van der Waals surface area (Å²) in [4.78, 5) is 3.70. The minimum absolute atomic E-state index is 0.281. The smallest absolute Gasteiger partial charge is 0.151 e. The number of anilines is 1. The first kappa shape index (κ1) is 6.09. The van der Waals surface area contributed by atoms with Crippen LogP contribution in [0.1, 0.15) is 0 Å². The van der Waals surface area contributed by atoms with Crippen LogP contribution >= 0.6 is 0 Å². The number of aromatic nitrogens is 3. The highest BCUT2D eigenvalue weighted by Crippen LogP contribution is 2.10. The van der Waals surface area contributed by atoms with E-state index >= 15 is 0 Å². The van der Waals surface area contributed by atoms with Crippen molar-refractivity contribution in [3.63, 3.8) is 0 Å². The van der Waals surface area contributed by atoms with Gasteiger partial charge in [-0.15, -0.1) is 0 Å². The van der Waals surface area contributed by atoms with Crippen LogP contribution in [0.5, 0.6) is 0 Å². The van der Waals surface area contributed by atoms with Crippen molar-refractivity contribution in [2.24, 2.45) is 0 Å². The van der Waals surface area contributed by atoms with Crippen LogP contribution in [0.15, 0.2) is 18.6 Å². The monoisotopic (exact) mass is 152 g/mol. The quantitative estimate of drug-likeness (QED) is 0.596. The maximum Gasteiger partial charge on any atom is 0.151 e.